The predicted octanol–water partition coefficient (Wildman–Crippen LogP) is 2.58. The Morgan fingerprint density at radius 3 is 2.82 bits per heavy atom. The molecule has 0 radical (unpaired) electrons. The molecular formula is C13H10N2OS. The quantitative estimate of drug-likeness (QED) is 0.750. The van der Waals surface area contributed by atoms with Crippen molar-refractivity contribution in [3.05, 3.63) is 63.5 Å². The van der Waals surface area contributed by atoms with Crippen molar-refractivity contribution >= 4 is 21.6 Å². The SMILES string of the molecule is O=c1[nH]c(Cc2ccccc2)nc2ccsc12. The fourth-order valence-electron chi connectivity index (χ4n) is 1.79. The molecule has 1 N–H and O–H groups in total. The highest BCUT2D eigenvalue weighted by Gasteiger charge is 2.05. The lowest BCUT2D eigenvalue weighted by atomic mass is 10.1. The van der Waals surface area contributed by atoms with E-state index in [1.165, 1.54) is 11.3 Å². The molecule has 0 aliphatic rings. The van der Waals surface area contributed by atoms with Crippen molar-refractivity contribution in [3.63, 3.8) is 0 Å². The summed E-state index contributed by atoms with van der Waals surface area (Å²) in [5, 5.41) is 1.89. The van der Waals surface area contributed by atoms with Crippen molar-refractivity contribution in [1.29, 1.82) is 0 Å². The molecule has 17 heavy (non-hydrogen) atoms. The number of nitrogens with one attached hydrogen (secondary N) is 1. The zero-order valence-electron chi connectivity index (χ0n) is 9.01. The Bertz CT molecular complexity index is 700. The number of aromatic nitrogens is 2. The first kappa shape index (κ1) is 10.2. The maximum atomic E-state index is 11.8. The number of H-pyrrole nitrogens is 1. The summed E-state index contributed by atoms with van der Waals surface area (Å²) in [5.74, 6) is 0.715. The molecule has 0 atom stereocenters. The van der Waals surface area contributed by atoms with Gasteiger partial charge in [-0.1, -0.05) is 30.3 Å². The van der Waals surface area contributed by atoms with Crippen LogP contribution in [0.3, 0.4) is 0 Å². The molecule has 4 heteroatoms. The molecule has 0 spiro atoms. The van der Waals surface area contributed by atoms with Gasteiger partial charge in [-0.05, 0) is 17.0 Å². The lowest BCUT2D eigenvalue weighted by Gasteiger charge is -2.00. The standard InChI is InChI=1S/C13H10N2OS/c16-13-12-10(6-7-17-12)14-11(15-13)8-9-4-2-1-3-5-9/h1-7H,8H2,(H,14,15,16). The summed E-state index contributed by atoms with van der Waals surface area (Å²) in [7, 11) is 0. The fraction of sp³-hybridized carbons (Fsp3) is 0.0769. The van der Waals surface area contributed by atoms with Gasteiger partial charge < -0.3 is 4.98 Å². The maximum absolute atomic E-state index is 11.8. The third-order valence-corrected chi connectivity index (χ3v) is 3.48. The maximum Gasteiger partial charge on any atom is 0.268 e. The summed E-state index contributed by atoms with van der Waals surface area (Å²) in [6.07, 6.45) is 0.655. The highest BCUT2D eigenvalue weighted by atomic mass is 32.1. The first-order valence-electron chi connectivity index (χ1n) is 5.33. The molecule has 0 aliphatic heterocycles. The summed E-state index contributed by atoms with van der Waals surface area (Å²) in [6.45, 7) is 0. The Hall–Kier alpha value is -1.94. The Morgan fingerprint density at radius 2 is 2.00 bits per heavy atom. The van der Waals surface area contributed by atoms with Gasteiger partial charge in [-0.15, -0.1) is 11.3 Å². The van der Waals surface area contributed by atoms with E-state index in [-0.39, 0.29) is 5.56 Å². The summed E-state index contributed by atoms with van der Waals surface area (Å²) in [6, 6.07) is 11.9. The summed E-state index contributed by atoms with van der Waals surface area (Å²) in [4.78, 5) is 19.0. The molecule has 0 saturated carbocycles. The van der Waals surface area contributed by atoms with Crippen molar-refractivity contribution in [1.82, 2.24) is 9.97 Å². The van der Waals surface area contributed by atoms with Crippen molar-refractivity contribution in [2.24, 2.45) is 0 Å². The molecule has 2 aromatic heterocycles. The fourth-order valence-corrected chi connectivity index (χ4v) is 2.52. The zero-order valence-corrected chi connectivity index (χ0v) is 9.83. The molecular weight excluding hydrogens is 232 g/mol. The molecule has 0 amide bonds. The van der Waals surface area contributed by atoms with Crippen molar-refractivity contribution in [3.8, 4) is 0 Å². The Morgan fingerprint density at radius 1 is 1.18 bits per heavy atom. The number of aromatic amines is 1. The van der Waals surface area contributed by atoms with Gasteiger partial charge in [0.05, 0.1) is 5.52 Å². The number of fused-ring (bicyclic) bond motifs is 1. The van der Waals surface area contributed by atoms with Crippen LogP contribution in [0.5, 0.6) is 0 Å². The molecule has 1 aromatic carbocycles. The van der Waals surface area contributed by atoms with Crippen LogP contribution in [0.25, 0.3) is 10.2 Å². The lowest BCUT2D eigenvalue weighted by Crippen LogP contribution is -2.10. The molecule has 3 aromatic rings. The van der Waals surface area contributed by atoms with Gasteiger partial charge in [0.2, 0.25) is 0 Å². The van der Waals surface area contributed by atoms with E-state index in [4.69, 9.17) is 0 Å². The summed E-state index contributed by atoms with van der Waals surface area (Å²) < 4.78 is 0.696. The normalized spacial score (nSPS) is 10.8. The highest BCUT2D eigenvalue weighted by Crippen LogP contribution is 2.14. The van der Waals surface area contributed by atoms with Gasteiger partial charge in [0.25, 0.3) is 5.56 Å². The molecule has 3 nitrogen and oxygen atoms in total. The first-order chi connectivity index (χ1) is 8.33. The molecule has 3 rings (SSSR count). The van der Waals surface area contributed by atoms with Gasteiger partial charge in [0.1, 0.15) is 10.5 Å². The van der Waals surface area contributed by atoms with Crippen LogP contribution in [0.2, 0.25) is 0 Å². The van der Waals surface area contributed by atoms with E-state index >= 15 is 0 Å². The number of rotatable bonds is 2. The van der Waals surface area contributed by atoms with Crippen LogP contribution in [-0.2, 0) is 6.42 Å². The number of hydrogen-bond donors (Lipinski definition) is 1. The molecule has 0 aliphatic carbocycles. The second-order valence-corrected chi connectivity index (χ2v) is 4.73. The van der Waals surface area contributed by atoms with Crippen molar-refractivity contribution in [2.45, 2.75) is 6.42 Å². The topological polar surface area (TPSA) is 45.8 Å². The molecule has 0 fully saturated rings. The number of hydrogen-bond acceptors (Lipinski definition) is 3. The lowest BCUT2D eigenvalue weighted by molar-refractivity contribution is 0.976. The van der Waals surface area contributed by atoms with Crippen LogP contribution < -0.4 is 5.56 Å². The second kappa shape index (κ2) is 4.14. The van der Waals surface area contributed by atoms with Crippen LogP contribution >= 0.6 is 11.3 Å². The van der Waals surface area contributed by atoms with Gasteiger partial charge in [0.15, 0.2) is 0 Å². The van der Waals surface area contributed by atoms with Gasteiger partial charge >= 0.3 is 0 Å². The van der Waals surface area contributed by atoms with Gasteiger partial charge in [-0.3, -0.25) is 4.79 Å². The Balaban J connectivity index is 2.04. The summed E-state index contributed by atoms with van der Waals surface area (Å²) >= 11 is 1.42. The molecule has 0 bridgehead atoms. The highest BCUT2D eigenvalue weighted by molar-refractivity contribution is 7.17. The summed E-state index contributed by atoms with van der Waals surface area (Å²) in [5.41, 5.74) is 1.88. The van der Waals surface area contributed by atoms with Crippen molar-refractivity contribution in [2.75, 3.05) is 0 Å². The van der Waals surface area contributed by atoms with Crippen LogP contribution in [0.1, 0.15) is 11.4 Å². The van der Waals surface area contributed by atoms with E-state index in [9.17, 15) is 4.79 Å². The smallest absolute Gasteiger partial charge is 0.268 e. The Kier molecular flexibility index (Phi) is 2.49. The van der Waals surface area contributed by atoms with Crippen LogP contribution in [0.4, 0.5) is 0 Å². The average molecular weight is 242 g/mol. The van der Waals surface area contributed by atoms with E-state index in [1.807, 2.05) is 41.8 Å². The second-order valence-electron chi connectivity index (χ2n) is 3.81. The van der Waals surface area contributed by atoms with Crippen LogP contribution in [0.15, 0.2) is 46.6 Å². The molecule has 84 valence electrons. The number of thiophene rings is 1. The third-order valence-electron chi connectivity index (χ3n) is 2.58. The predicted molar refractivity (Wildman–Crippen MR) is 69.5 cm³/mol. The van der Waals surface area contributed by atoms with Crippen LogP contribution in [-0.4, -0.2) is 9.97 Å². The molecule has 2 heterocycles. The Labute approximate surface area is 102 Å². The van der Waals surface area contributed by atoms with E-state index in [1.54, 1.807) is 0 Å². The average Bonchev–Trinajstić information content (AvgIpc) is 2.79. The minimum Gasteiger partial charge on any atom is -0.309 e. The minimum absolute atomic E-state index is 0.0454. The van der Waals surface area contributed by atoms with E-state index in [0.29, 0.717) is 16.9 Å². The molecule has 0 unspecified atom stereocenters. The minimum atomic E-state index is -0.0454. The third kappa shape index (κ3) is 1.99. The zero-order chi connectivity index (χ0) is 11.7. The largest absolute Gasteiger partial charge is 0.309 e. The van der Waals surface area contributed by atoms with E-state index < -0.39 is 0 Å². The van der Waals surface area contributed by atoms with E-state index in [0.717, 1.165) is 11.1 Å². The first-order valence-corrected chi connectivity index (χ1v) is 6.21. The number of benzene rings is 1. The van der Waals surface area contributed by atoms with Crippen molar-refractivity contribution < 1.29 is 0 Å². The van der Waals surface area contributed by atoms with Gasteiger partial charge in [0, 0.05) is 6.42 Å². The van der Waals surface area contributed by atoms with Gasteiger partial charge in [-0.25, -0.2) is 4.98 Å². The monoisotopic (exact) mass is 242 g/mol. The van der Waals surface area contributed by atoms with E-state index in [2.05, 4.69) is 9.97 Å². The van der Waals surface area contributed by atoms with Crippen LogP contribution in [0, 0.1) is 0 Å². The number of nitrogens with zero attached hydrogens (tertiary/aromatic N) is 1. The van der Waals surface area contributed by atoms with Gasteiger partial charge in [-0.2, -0.15) is 0 Å². The molecule has 0 saturated heterocycles.